The second kappa shape index (κ2) is 7.89. The summed E-state index contributed by atoms with van der Waals surface area (Å²) in [5.74, 6) is -2.25. The quantitative estimate of drug-likeness (QED) is 0.434. The van der Waals surface area contributed by atoms with Crippen LogP contribution in [0.3, 0.4) is 0 Å². The molecule has 4 aromatic rings. The number of carbonyl (C=O) groups excluding carboxylic acids is 1. The van der Waals surface area contributed by atoms with E-state index in [4.69, 9.17) is 11.6 Å². The predicted molar refractivity (Wildman–Crippen MR) is 106 cm³/mol. The van der Waals surface area contributed by atoms with E-state index in [1.54, 1.807) is 24.5 Å². The Labute approximate surface area is 169 Å². The van der Waals surface area contributed by atoms with Gasteiger partial charge in [0.05, 0.1) is 11.9 Å². The Morgan fingerprint density at radius 3 is 2.72 bits per heavy atom. The van der Waals surface area contributed by atoms with Gasteiger partial charge in [-0.05, 0) is 41.5 Å². The molecule has 0 atom stereocenters. The molecule has 0 fully saturated rings. The number of hydrogen-bond acceptors (Lipinski definition) is 2. The first-order chi connectivity index (χ1) is 14.0. The highest BCUT2D eigenvalue weighted by atomic mass is 35.5. The van der Waals surface area contributed by atoms with Crippen molar-refractivity contribution in [3.63, 3.8) is 0 Å². The molecule has 3 N–H and O–H groups in total. The average molecular weight is 413 g/mol. The third-order valence-electron chi connectivity index (χ3n) is 4.43. The number of carbonyl (C=O) groups is 1. The van der Waals surface area contributed by atoms with Gasteiger partial charge < -0.3 is 10.3 Å². The normalized spacial score (nSPS) is 10.9. The highest BCUT2D eigenvalue weighted by Gasteiger charge is 2.15. The lowest BCUT2D eigenvalue weighted by Crippen LogP contribution is -2.23. The number of nitrogens with one attached hydrogen (secondary N) is 3. The molecule has 0 aliphatic carbocycles. The molecule has 2 aromatic carbocycles. The van der Waals surface area contributed by atoms with E-state index in [2.05, 4.69) is 20.5 Å². The van der Waals surface area contributed by atoms with Gasteiger partial charge in [0.1, 0.15) is 5.69 Å². The lowest BCUT2D eigenvalue weighted by Gasteiger charge is -2.04. The molecule has 0 unspecified atom stereocenters. The molecule has 29 heavy (non-hydrogen) atoms. The van der Waals surface area contributed by atoms with E-state index in [1.807, 2.05) is 18.2 Å². The first kappa shape index (κ1) is 18.9. The van der Waals surface area contributed by atoms with E-state index in [0.29, 0.717) is 16.3 Å². The van der Waals surface area contributed by atoms with Gasteiger partial charge in [0, 0.05) is 28.9 Å². The minimum absolute atomic E-state index is 0.0716. The Bertz CT molecular complexity index is 1180. The number of H-pyrrole nitrogens is 2. The van der Waals surface area contributed by atoms with Crippen LogP contribution in [0.15, 0.2) is 60.9 Å². The van der Waals surface area contributed by atoms with Gasteiger partial charge in [-0.25, -0.2) is 8.78 Å². The van der Waals surface area contributed by atoms with Gasteiger partial charge in [-0.3, -0.25) is 9.89 Å². The fourth-order valence-corrected chi connectivity index (χ4v) is 3.17. The van der Waals surface area contributed by atoms with Crippen LogP contribution in [-0.4, -0.2) is 21.1 Å². The van der Waals surface area contributed by atoms with Crippen LogP contribution in [0.5, 0.6) is 0 Å². The van der Waals surface area contributed by atoms with Crippen molar-refractivity contribution in [3.05, 3.63) is 88.8 Å². The fraction of sp³-hybridized carbons (Fsp3) is 0.0476. The standard InChI is InChI=1S/C21H15ClF2N4O/c22-15-3-1-2-13(7-15)16-11-27-28-20(16)14-8-19(25-10-14)21(29)26-9-12-4-5-17(23)18(24)6-12/h1-8,10-11,25H,9H2,(H,26,29)(H,27,28). The van der Waals surface area contributed by atoms with Crippen LogP contribution in [0.2, 0.25) is 5.02 Å². The summed E-state index contributed by atoms with van der Waals surface area (Å²) in [6.45, 7) is 0.0716. The fourth-order valence-electron chi connectivity index (χ4n) is 2.98. The van der Waals surface area contributed by atoms with Crippen LogP contribution in [0.25, 0.3) is 22.4 Å². The molecule has 0 radical (unpaired) electrons. The van der Waals surface area contributed by atoms with Crippen molar-refractivity contribution in [2.45, 2.75) is 6.54 Å². The summed E-state index contributed by atoms with van der Waals surface area (Å²) in [6.07, 6.45) is 3.38. The van der Waals surface area contributed by atoms with Crippen molar-refractivity contribution in [3.8, 4) is 22.4 Å². The molecular weight excluding hydrogens is 398 g/mol. The Kier molecular flexibility index (Phi) is 5.14. The molecule has 2 heterocycles. The monoisotopic (exact) mass is 412 g/mol. The van der Waals surface area contributed by atoms with E-state index < -0.39 is 11.6 Å². The predicted octanol–water partition coefficient (Wildman–Crippen LogP) is 4.93. The summed E-state index contributed by atoms with van der Waals surface area (Å²) in [5, 5.41) is 10.3. The zero-order valence-electron chi connectivity index (χ0n) is 15.0. The van der Waals surface area contributed by atoms with Gasteiger partial charge in [0.25, 0.3) is 5.91 Å². The second-order valence-electron chi connectivity index (χ2n) is 6.40. The van der Waals surface area contributed by atoms with E-state index in [0.717, 1.165) is 34.5 Å². The highest BCUT2D eigenvalue weighted by Crippen LogP contribution is 2.31. The topological polar surface area (TPSA) is 73.6 Å². The first-order valence-electron chi connectivity index (χ1n) is 8.71. The maximum absolute atomic E-state index is 13.3. The summed E-state index contributed by atoms with van der Waals surface area (Å²) in [7, 11) is 0. The van der Waals surface area contributed by atoms with Crippen molar-refractivity contribution in [1.82, 2.24) is 20.5 Å². The molecule has 4 rings (SSSR count). The van der Waals surface area contributed by atoms with E-state index in [1.165, 1.54) is 6.07 Å². The SMILES string of the molecule is O=C(NCc1ccc(F)c(F)c1)c1cc(-c2[nH]ncc2-c2cccc(Cl)c2)c[nH]1. The van der Waals surface area contributed by atoms with Crippen molar-refractivity contribution in [2.24, 2.45) is 0 Å². The van der Waals surface area contributed by atoms with Crippen LogP contribution >= 0.6 is 11.6 Å². The molecule has 2 aromatic heterocycles. The van der Waals surface area contributed by atoms with Gasteiger partial charge in [-0.1, -0.05) is 29.8 Å². The summed E-state index contributed by atoms with van der Waals surface area (Å²) >= 11 is 6.08. The van der Waals surface area contributed by atoms with Crippen molar-refractivity contribution >= 4 is 17.5 Å². The highest BCUT2D eigenvalue weighted by molar-refractivity contribution is 6.30. The Hall–Kier alpha value is -3.45. The lowest BCUT2D eigenvalue weighted by atomic mass is 10.0. The smallest absolute Gasteiger partial charge is 0.267 e. The van der Waals surface area contributed by atoms with Gasteiger partial charge in [-0.2, -0.15) is 5.10 Å². The number of rotatable bonds is 5. The number of halogens is 3. The van der Waals surface area contributed by atoms with Crippen LogP contribution in [-0.2, 0) is 6.54 Å². The summed E-state index contributed by atoms with van der Waals surface area (Å²) in [6, 6.07) is 12.6. The third-order valence-corrected chi connectivity index (χ3v) is 4.66. The number of hydrogen-bond donors (Lipinski definition) is 3. The molecule has 0 aliphatic rings. The minimum Gasteiger partial charge on any atom is -0.357 e. The Balaban J connectivity index is 1.51. The number of nitrogens with zero attached hydrogens (tertiary/aromatic N) is 1. The van der Waals surface area contributed by atoms with Crippen LogP contribution in [0, 0.1) is 11.6 Å². The third kappa shape index (κ3) is 4.05. The zero-order chi connectivity index (χ0) is 20.4. The van der Waals surface area contributed by atoms with Crippen molar-refractivity contribution in [1.29, 1.82) is 0 Å². The largest absolute Gasteiger partial charge is 0.357 e. The number of benzene rings is 2. The molecule has 0 bridgehead atoms. The summed E-state index contributed by atoms with van der Waals surface area (Å²) < 4.78 is 26.3. The molecular formula is C21H15ClF2N4O. The van der Waals surface area contributed by atoms with Gasteiger partial charge in [0.15, 0.2) is 11.6 Å². The number of aromatic nitrogens is 3. The van der Waals surface area contributed by atoms with Crippen molar-refractivity contribution < 1.29 is 13.6 Å². The Morgan fingerprint density at radius 1 is 1.07 bits per heavy atom. The summed E-state index contributed by atoms with van der Waals surface area (Å²) in [4.78, 5) is 15.3. The molecule has 8 heteroatoms. The maximum Gasteiger partial charge on any atom is 0.267 e. The molecule has 5 nitrogen and oxygen atoms in total. The van der Waals surface area contributed by atoms with Crippen LogP contribution < -0.4 is 5.32 Å². The van der Waals surface area contributed by atoms with E-state index in [9.17, 15) is 13.6 Å². The van der Waals surface area contributed by atoms with Crippen LogP contribution in [0.4, 0.5) is 8.78 Å². The van der Waals surface area contributed by atoms with Gasteiger partial charge >= 0.3 is 0 Å². The second-order valence-corrected chi connectivity index (χ2v) is 6.84. The van der Waals surface area contributed by atoms with E-state index in [-0.39, 0.29) is 12.5 Å². The molecule has 146 valence electrons. The number of aromatic amines is 2. The number of amides is 1. The molecule has 0 saturated carbocycles. The first-order valence-corrected chi connectivity index (χ1v) is 9.09. The van der Waals surface area contributed by atoms with Gasteiger partial charge in [0.2, 0.25) is 0 Å². The Morgan fingerprint density at radius 2 is 1.93 bits per heavy atom. The lowest BCUT2D eigenvalue weighted by molar-refractivity contribution is 0.0946. The zero-order valence-corrected chi connectivity index (χ0v) is 15.7. The average Bonchev–Trinajstić information content (AvgIpc) is 3.38. The van der Waals surface area contributed by atoms with Crippen molar-refractivity contribution in [2.75, 3.05) is 0 Å². The summed E-state index contributed by atoms with van der Waals surface area (Å²) in [5.41, 5.74) is 4.01. The minimum atomic E-state index is -0.952. The molecule has 0 saturated heterocycles. The molecule has 0 spiro atoms. The van der Waals surface area contributed by atoms with Gasteiger partial charge in [-0.15, -0.1) is 0 Å². The maximum atomic E-state index is 13.3. The van der Waals surface area contributed by atoms with E-state index >= 15 is 0 Å². The van der Waals surface area contributed by atoms with Crippen LogP contribution in [0.1, 0.15) is 16.1 Å². The molecule has 1 amide bonds. The molecule has 0 aliphatic heterocycles.